The maximum absolute atomic E-state index is 9.57. The average molecular weight is 288 g/mol. The molecular weight excluding hydrogens is 260 g/mol. The number of hydrogen-bond donors (Lipinski definition) is 1. The first-order valence-electron chi connectivity index (χ1n) is 8.46. The zero-order valence-electron chi connectivity index (χ0n) is 13.0. The molecule has 0 radical (unpaired) electrons. The van der Waals surface area contributed by atoms with Crippen molar-refractivity contribution >= 4 is 0 Å². The highest BCUT2D eigenvalue weighted by Crippen LogP contribution is 2.21. The van der Waals surface area contributed by atoms with E-state index in [1.54, 1.807) is 0 Å². The lowest BCUT2D eigenvalue weighted by molar-refractivity contribution is 0.0645. The molecule has 0 amide bonds. The molecule has 2 saturated heterocycles. The molecule has 0 spiro atoms. The molecule has 116 valence electrons. The number of hydrogen-bond acceptors (Lipinski definition) is 3. The minimum Gasteiger partial charge on any atom is -0.393 e. The predicted octanol–water partition coefficient (Wildman–Crippen LogP) is 2.36. The minimum atomic E-state index is -0.0473. The first-order chi connectivity index (χ1) is 10.3. The van der Waals surface area contributed by atoms with Crippen molar-refractivity contribution in [1.82, 2.24) is 9.80 Å². The maximum atomic E-state index is 9.57. The van der Waals surface area contributed by atoms with Gasteiger partial charge in [0.2, 0.25) is 0 Å². The Balaban J connectivity index is 1.39. The number of aliphatic hydroxyl groups excluding tert-OH is 1. The van der Waals surface area contributed by atoms with Crippen LogP contribution in [0.2, 0.25) is 0 Å². The summed E-state index contributed by atoms with van der Waals surface area (Å²) in [6.45, 7) is 6.98. The number of likely N-dealkylation sites (tertiary alicyclic amines) is 2. The largest absolute Gasteiger partial charge is 0.393 e. The summed E-state index contributed by atoms with van der Waals surface area (Å²) in [5, 5.41) is 9.57. The van der Waals surface area contributed by atoms with E-state index in [9.17, 15) is 5.11 Å². The smallest absolute Gasteiger partial charge is 0.0564 e. The maximum Gasteiger partial charge on any atom is 0.0564 e. The molecule has 2 fully saturated rings. The predicted molar refractivity (Wildman–Crippen MR) is 86.1 cm³/mol. The SMILES string of the molecule is OC1CCN(CC2CCN(Cc3ccccc3)CC2)CC1. The van der Waals surface area contributed by atoms with Crippen LogP contribution in [0.3, 0.4) is 0 Å². The van der Waals surface area contributed by atoms with Gasteiger partial charge in [0.1, 0.15) is 0 Å². The molecule has 0 saturated carbocycles. The highest BCUT2D eigenvalue weighted by atomic mass is 16.3. The first-order valence-corrected chi connectivity index (χ1v) is 8.46. The normalized spacial score (nSPS) is 23.5. The van der Waals surface area contributed by atoms with E-state index in [1.807, 2.05) is 0 Å². The molecule has 0 atom stereocenters. The van der Waals surface area contributed by atoms with Gasteiger partial charge >= 0.3 is 0 Å². The molecule has 1 aromatic rings. The Kier molecular flexibility index (Phi) is 5.28. The molecule has 0 aliphatic carbocycles. The van der Waals surface area contributed by atoms with E-state index in [2.05, 4.69) is 40.1 Å². The summed E-state index contributed by atoms with van der Waals surface area (Å²) in [6.07, 6.45) is 4.53. The fourth-order valence-corrected chi connectivity index (χ4v) is 3.64. The monoisotopic (exact) mass is 288 g/mol. The number of aliphatic hydroxyl groups is 1. The second-order valence-corrected chi connectivity index (χ2v) is 6.74. The van der Waals surface area contributed by atoms with Crippen LogP contribution in [0.25, 0.3) is 0 Å². The summed E-state index contributed by atoms with van der Waals surface area (Å²) in [6, 6.07) is 10.8. The molecule has 2 aliphatic rings. The van der Waals surface area contributed by atoms with E-state index in [4.69, 9.17) is 0 Å². The van der Waals surface area contributed by atoms with Crippen LogP contribution in [0.4, 0.5) is 0 Å². The summed E-state index contributed by atoms with van der Waals surface area (Å²) in [5.41, 5.74) is 1.43. The van der Waals surface area contributed by atoms with Gasteiger partial charge in [-0.15, -0.1) is 0 Å². The summed E-state index contributed by atoms with van der Waals surface area (Å²) < 4.78 is 0. The van der Waals surface area contributed by atoms with Gasteiger partial charge in [-0.25, -0.2) is 0 Å². The van der Waals surface area contributed by atoms with Gasteiger partial charge in [0.05, 0.1) is 6.10 Å². The Morgan fingerprint density at radius 1 is 0.857 bits per heavy atom. The molecule has 3 rings (SSSR count). The molecular formula is C18H28N2O. The van der Waals surface area contributed by atoms with Crippen molar-refractivity contribution in [2.24, 2.45) is 5.92 Å². The first kappa shape index (κ1) is 15.0. The number of piperidine rings is 2. The van der Waals surface area contributed by atoms with Crippen molar-refractivity contribution < 1.29 is 5.11 Å². The molecule has 0 aromatic heterocycles. The van der Waals surface area contributed by atoms with Crippen molar-refractivity contribution in [2.75, 3.05) is 32.7 Å². The fraction of sp³-hybridized carbons (Fsp3) is 0.667. The molecule has 21 heavy (non-hydrogen) atoms. The van der Waals surface area contributed by atoms with Crippen LogP contribution in [-0.2, 0) is 6.54 Å². The van der Waals surface area contributed by atoms with Gasteiger partial charge in [-0.05, 0) is 50.3 Å². The highest BCUT2D eigenvalue weighted by molar-refractivity contribution is 5.14. The molecule has 1 N–H and O–H groups in total. The summed E-state index contributed by atoms with van der Waals surface area (Å²) >= 11 is 0. The number of nitrogens with zero attached hydrogens (tertiary/aromatic N) is 2. The molecule has 2 aliphatic heterocycles. The van der Waals surface area contributed by atoms with Crippen LogP contribution in [0.15, 0.2) is 30.3 Å². The lowest BCUT2D eigenvalue weighted by Crippen LogP contribution is -2.42. The Bertz CT molecular complexity index is 406. The Morgan fingerprint density at radius 3 is 2.14 bits per heavy atom. The van der Waals surface area contributed by atoms with Gasteiger partial charge < -0.3 is 10.0 Å². The number of benzene rings is 1. The van der Waals surface area contributed by atoms with E-state index in [0.717, 1.165) is 38.4 Å². The summed E-state index contributed by atoms with van der Waals surface area (Å²) in [4.78, 5) is 5.15. The number of rotatable bonds is 4. The molecule has 2 heterocycles. The molecule has 0 bridgehead atoms. The van der Waals surface area contributed by atoms with Gasteiger partial charge in [-0.2, -0.15) is 0 Å². The molecule has 3 heteroatoms. The minimum absolute atomic E-state index is 0.0473. The van der Waals surface area contributed by atoms with Crippen LogP contribution in [0.5, 0.6) is 0 Å². The fourth-order valence-electron chi connectivity index (χ4n) is 3.64. The Morgan fingerprint density at radius 2 is 1.48 bits per heavy atom. The second-order valence-electron chi connectivity index (χ2n) is 6.74. The Labute approximate surface area is 128 Å². The van der Waals surface area contributed by atoms with Crippen LogP contribution in [0.1, 0.15) is 31.2 Å². The van der Waals surface area contributed by atoms with Gasteiger partial charge in [-0.1, -0.05) is 30.3 Å². The summed E-state index contributed by atoms with van der Waals surface area (Å²) in [7, 11) is 0. The third-order valence-electron chi connectivity index (χ3n) is 5.03. The quantitative estimate of drug-likeness (QED) is 0.921. The van der Waals surface area contributed by atoms with E-state index < -0.39 is 0 Å². The lowest BCUT2D eigenvalue weighted by atomic mass is 9.94. The zero-order valence-corrected chi connectivity index (χ0v) is 13.0. The van der Waals surface area contributed by atoms with Gasteiger partial charge in [0.25, 0.3) is 0 Å². The third-order valence-corrected chi connectivity index (χ3v) is 5.03. The van der Waals surface area contributed by atoms with Crippen molar-refractivity contribution in [3.8, 4) is 0 Å². The van der Waals surface area contributed by atoms with Crippen LogP contribution in [-0.4, -0.2) is 53.7 Å². The zero-order chi connectivity index (χ0) is 14.5. The van der Waals surface area contributed by atoms with Crippen molar-refractivity contribution in [3.05, 3.63) is 35.9 Å². The molecule has 0 unspecified atom stereocenters. The van der Waals surface area contributed by atoms with Gasteiger partial charge in [0, 0.05) is 26.2 Å². The van der Waals surface area contributed by atoms with Crippen LogP contribution >= 0.6 is 0 Å². The van der Waals surface area contributed by atoms with Gasteiger partial charge in [-0.3, -0.25) is 4.90 Å². The Hall–Kier alpha value is -0.900. The third kappa shape index (κ3) is 4.53. The van der Waals surface area contributed by atoms with Gasteiger partial charge in [0.15, 0.2) is 0 Å². The van der Waals surface area contributed by atoms with Crippen LogP contribution < -0.4 is 0 Å². The van der Waals surface area contributed by atoms with E-state index in [1.165, 1.54) is 38.0 Å². The van der Waals surface area contributed by atoms with E-state index >= 15 is 0 Å². The summed E-state index contributed by atoms with van der Waals surface area (Å²) in [5.74, 6) is 0.854. The van der Waals surface area contributed by atoms with E-state index in [-0.39, 0.29) is 6.10 Å². The topological polar surface area (TPSA) is 26.7 Å². The van der Waals surface area contributed by atoms with Crippen molar-refractivity contribution in [1.29, 1.82) is 0 Å². The van der Waals surface area contributed by atoms with Crippen molar-refractivity contribution in [2.45, 2.75) is 38.3 Å². The van der Waals surface area contributed by atoms with E-state index in [0.29, 0.717) is 0 Å². The van der Waals surface area contributed by atoms with Crippen LogP contribution in [0, 0.1) is 5.92 Å². The lowest BCUT2D eigenvalue weighted by Gasteiger charge is -2.37. The second kappa shape index (κ2) is 7.39. The molecule has 3 nitrogen and oxygen atoms in total. The van der Waals surface area contributed by atoms with Crippen molar-refractivity contribution in [3.63, 3.8) is 0 Å². The standard InChI is InChI=1S/C18H28N2O/c21-18-8-12-20(13-9-18)15-17-6-10-19(11-7-17)14-16-4-2-1-3-5-16/h1-5,17-18,21H,6-15H2. The molecule has 1 aromatic carbocycles. The average Bonchev–Trinajstić information content (AvgIpc) is 2.53. The highest BCUT2D eigenvalue weighted by Gasteiger charge is 2.23.